The van der Waals surface area contributed by atoms with Crippen molar-refractivity contribution in [2.45, 2.75) is 50.9 Å². The van der Waals surface area contributed by atoms with E-state index in [2.05, 4.69) is 91.0 Å². The van der Waals surface area contributed by atoms with E-state index in [-0.39, 0.29) is 12.4 Å². The normalized spacial score (nSPS) is 20.1. The Hall–Kier alpha value is -0.390. The molecule has 1 fully saturated rings. The molecule has 0 heterocycles. The molecule has 1 saturated carbocycles. The van der Waals surface area contributed by atoms with Crippen LogP contribution >= 0.6 is 44.3 Å². The minimum Gasteiger partial charge on any atom is -0.308 e. The van der Waals surface area contributed by atoms with Gasteiger partial charge < -0.3 is 10.6 Å². The summed E-state index contributed by atoms with van der Waals surface area (Å²) in [6.45, 7) is 1.88. The first-order chi connectivity index (χ1) is 11.7. The Morgan fingerprint density at radius 3 is 1.40 bits per heavy atom. The Kier molecular flexibility index (Phi) is 8.94. The molecule has 3 rings (SSSR count). The van der Waals surface area contributed by atoms with Gasteiger partial charge in [-0.25, -0.2) is 0 Å². The fourth-order valence-corrected chi connectivity index (χ4v) is 3.85. The largest absolute Gasteiger partial charge is 0.308 e. The molecule has 0 saturated heterocycles. The number of halogens is 3. The quantitative estimate of drug-likeness (QED) is 0.535. The molecule has 2 aromatic carbocycles. The third-order valence-corrected chi connectivity index (χ3v) is 5.79. The summed E-state index contributed by atoms with van der Waals surface area (Å²) in [4.78, 5) is 0. The van der Waals surface area contributed by atoms with Crippen molar-refractivity contribution in [3.05, 3.63) is 68.6 Å². The van der Waals surface area contributed by atoms with E-state index in [1.807, 2.05) is 0 Å². The second kappa shape index (κ2) is 10.7. The summed E-state index contributed by atoms with van der Waals surface area (Å²) in [6.07, 6.45) is 5.17. The van der Waals surface area contributed by atoms with Crippen LogP contribution in [0.1, 0.15) is 36.8 Å². The van der Waals surface area contributed by atoms with Crippen LogP contribution in [0.2, 0.25) is 0 Å². The lowest BCUT2D eigenvalue weighted by atomic mass is 9.90. The van der Waals surface area contributed by atoms with Crippen molar-refractivity contribution in [1.82, 2.24) is 10.6 Å². The van der Waals surface area contributed by atoms with Crippen molar-refractivity contribution >= 4 is 44.3 Å². The molecule has 136 valence electrons. The van der Waals surface area contributed by atoms with Gasteiger partial charge in [-0.1, -0.05) is 69.0 Å². The first kappa shape index (κ1) is 20.9. The summed E-state index contributed by atoms with van der Waals surface area (Å²) in [7, 11) is 0. The third kappa shape index (κ3) is 6.69. The number of rotatable bonds is 6. The summed E-state index contributed by atoms with van der Waals surface area (Å²) in [5, 5.41) is 7.54. The summed E-state index contributed by atoms with van der Waals surface area (Å²) in [5.41, 5.74) is 2.69. The molecule has 2 unspecified atom stereocenters. The number of benzene rings is 2. The first-order valence-corrected chi connectivity index (χ1v) is 10.2. The van der Waals surface area contributed by atoms with Gasteiger partial charge in [-0.3, -0.25) is 0 Å². The predicted octanol–water partition coefficient (Wildman–Crippen LogP) is 5.82. The molecule has 1 aliphatic carbocycles. The minimum absolute atomic E-state index is 0. The molecule has 2 nitrogen and oxygen atoms in total. The maximum absolute atomic E-state index is 3.77. The van der Waals surface area contributed by atoms with Crippen LogP contribution < -0.4 is 10.6 Å². The van der Waals surface area contributed by atoms with Gasteiger partial charge in [0.2, 0.25) is 0 Å². The average molecular weight is 489 g/mol. The van der Waals surface area contributed by atoms with Crippen LogP contribution in [0.5, 0.6) is 0 Å². The maximum atomic E-state index is 3.77. The SMILES string of the molecule is Brc1ccc(CNC2CCCCC2NCc2ccc(Br)cc2)cc1.Cl. The molecule has 0 bridgehead atoms. The molecule has 25 heavy (non-hydrogen) atoms. The van der Waals surface area contributed by atoms with E-state index in [0.29, 0.717) is 12.1 Å². The maximum Gasteiger partial charge on any atom is 0.0224 e. The highest BCUT2D eigenvalue weighted by atomic mass is 79.9. The highest BCUT2D eigenvalue weighted by molar-refractivity contribution is 9.10. The number of nitrogens with one attached hydrogen (secondary N) is 2. The van der Waals surface area contributed by atoms with Gasteiger partial charge in [0, 0.05) is 34.1 Å². The fourth-order valence-electron chi connectivity index (χ4n) is 3.32. The van der Waals surface area contributed by atoms with Crippen LogP contribution in [0.25, 0.3) is 0 Å². The van der Waals surface area contributed by atoms with E-state index >= 15 is 0 Å². The highest BCUT2D eigenvalue weighted by Crippen LogP contribution is 2.20. The van der Waals surface area contributed by atoms with Crippen molar-refractivity contribution in [1.29, 1.82) is 0 Å². The Morgan fingerprint density at radius 1 is 0.680 bits per heavy atom. The van der Waals surface area contributed by atoms with Crippen molar-refractivity contribution in [3.63, 3.8) is 0 Å². The standard InChI is InChI=1S/C20H24Br2N2.ClH/c21-17-9-5-15(6-10-17)13-23-19-3-1-2-4-20(19)24-14-16-7-11-18(22)12-8-16;/h5-12,19-20,23-24H,1-4,13-14H2;1H. The predicted molar refractivity (Wildman–Crippen MR) is 115 cm³/mol. The van der Waals surface area contributed by atoms with Crippen LogP contribution in [-0.2, 0) is 13.1 Å². The van der Waals surface area contributed by atoms with Crippen LogP contribution in [0, 0.1) is 0 Å². The van der Waals surface area contributed by atoms with E-state index in [9.17, 15) is 0 Å². The second-order valence-corrected chi connectivity index (χ2v) is 8.34. The van der Waals surface area contributed by atoms with Crippen molar-refractivity contribution in [2.75, 3.05) is 0 Å². The number of hydrogen-bond donors (Lipinski definition) is 2. The lowest BCUT2D eigenvalue weighted by molar-refractivity contribution is 0.281. The second-order valence-electron chi connectivity index (χ2n) is 6.51. The molecular weight excluding hydrogens is 463 g/mol. The molecule has 2 N–H and O–H groups in total. The highest BCUT2D eigenvalue weighted by Gasteiger charge is 2.24. The van der Waals surface area contributed by atoms with Gasteiger partial charge in [-0.15, -0.1) is 12.4 Å². The molecule has 0 aromatic heterocycles. The van der Waals surface area contributed by atoms with Crippen molar-refractivity contribution in [2.24, 2.45) is 0 Å². The van der Waals surface area contributed by atoms with E-state index in [1.54, 1.807) is 0 Å². The summed E-state index contributed by atoms with van der Waals surface area (Å²) < 4.78 is 2.27. The van der Waals surface area contributed by atoms with Gasteiger partial charge in [-0.05, 0) is 48.2 Å². The van der Waals surface area contributed by atoms with Crippen LogP contribution in [0.4, 0.5) is 0 Å². The van der Waals surface area contributed by atoms with E-state index in [4.69, 9.17) is 0 Å². The van der Waals surface area contributed by atoms with Crippen LogP contribution in [0.15, 0.2) is 57.5 Å². The lowest BCUT2D eigenvalue weighted by Gasteiger charge is -2.33. The lowest BCUT2D eigenvalue weighted by Crippen LogP contribution is -2.49. The van der Waals surface area contributed by atoms with Gasteiger partial charge in [0.1, 0.15) is 0 Å². The van der Waals surface area contributed by atoms with Crippen LogP contribution in [0.3, 0.4) is 0 Å². The molecule has 0 amide bonds. The van der Waals surface area contributed by atoms with Crippen molar-refractivity contribution < 1.29 is 0 Å². The minimum atomic E-state index is 0. The van der Waals surface area contributed by atoms with E-state index < -0.39 is 0 Å². The van der Waals surface area contributed by atoms with E-state index in [1.165, 1.54) is 36.8 Å². The molecule has 0 radical (unpaired) electrons. The monoisotopic (exact) mass is 486 g/mol. The molecule has 5 heteroatoms. The molecule has 2 atom stereocenters. The zero-order chi connectivity index (χ0) is 16.8. The number of hydrogen-bond acceptors (Lipinski definition) is 2. The molecule has 0 aliphatic heterocycles. The molecular formula is C20H25Br2ClN2. The zero-order valence-electron chi connectivity index (χ0n) is 14.2. The summed E-state index contributed by atoms with van der Waals surface area (Å²) in [5.74, 6) is 0. The van der Waals surface area contributed by atoms with Gasteiger partial charge in [0.25, 0.3) is 0 Å². The molecule has 1 aliphatic rings. The molecule has 0 spiro atoms. The Bertz CT molecular complexity index is 574. The van der Waals surface area contributed by atoms with Crippen LogP contribution in [-0.4, -0.2) is 12.1 Å². The third-order valence-electron chi connectivity index (χ3n) is 4.73. The zero-order valence-corrected chi connectivity index (χ0v) is 18.2. The summed E-state index contributed by atoms with van der Waals surface area (Å²) >= 11 is 6.99. The van der Waals surface area contributed by atoms with Gasteiger partial charge >= 0.3 is 0 Å². The first-order valence-electron chi connectivity index (χ1n) is 8.66. The Labute approximate surface area is 173 Å². The fraction of sp³-hybridized carbons (Fsp3) is 0.400. The van der Waals surface area contributed by atoms with E-state index in [0.717, 1.165) is 22.0 Å². The Morgan fingerprint density at radius 2 is 1.04 bits per heavy atom. The topological polar surface area (TPSA) is 24.1 Å². The van der Waals surface area contributed by atoms with Gasteiger partial charge in [0.15, 0.2) is 0 Å². The van der Waals surface area contributed by atoms with Crippen molar-refractivity contribution in [3.8, 4) is 0 Å². The average Bonchev–Trinajstić information content (AvgIpc) is 2.61. The van der Waals surface area contributed by atoms with Gasteiger partial charge in [-0.2, -0.15) is 0 Å². The smallest absolute Gasteiger partial charge is 0.0224 e. The summed E-state index contributed by atoms with van der Waals surface area (Å²) in [6, 6.07) is 18.3. The molecule has 2 aromatic rings. The Balaban J connectivity index is 0.00000225. The van der Waals surface area contributed by atoms with Gasteiger partial charge in [0.05, 0.1) is 0 Å².